The van der Waals surface area contributed by atoms with Gasteiger partial charge in [0.1, 0.15) is 17.0 Å². The van der Waals surface area contributed by atoms with Gasteiger partial charge in [-0.1, -0.05) is 36.4 Å². The van der Waals surface area contributed by atoms with Crippen molar-refractivity contribution >= 4 is 33.3 Å². The van der Waals surface area contributed by atoms with Gasteiger partial charge < -0.3 is 15.1 Å². The molecule has 0 radical (unpaired) electrons. The number of nitrogens with one attached hydrogen (secondary N) is 1. The van der Waals surface area contributed by atoms with Crippen LogP contribution in [-0.2, 0) is 17.8 Å². The van der Waals surface area contributed by atoms with E-state index in [-0.39, 0.29) is 11.9 Å². The number of anilines is 1. The number of amides is 1. The molecule has 3 aromatic rings. The van der Waals surface area contributed by atoms with Gasteiger partial charge in [-0.15, -0.1) is 11.3 Å². The molecule has 156 valence electrons. The molecule has 0 bridgehead atoms. The zero-order chi connectivity index (χ0) is 21.1. The van der Waals surface area contributed by atoms with E-state index < -0.39 is 0 Å². The fraction of sp³-hybridized carbons (Fsp3) is 0.348. The van der Waals surface area contributed by atoms with Crippen LogP contribution in [0.25, 0.3) is 10.2 Å². The van der Waals surface area contributed by atoms with Gasteiger partial charge in [0.05, 0.1) is 11.9 Å². The Morgan fingerprint density at radius 2 is 2.10 bits per heavy atom. The lowest BCUT2D eigenvalue weighted by Crippen LogP contribution is -2.34. The van der Waals surface area contributed by atoms with Crippen LogP contribution in [0.3, 0.4) is 0 Å². The fourth-order valence-electron chi connectivity index (χ4n) is 3.73. The molecule has 2 aromatic heterocycles. The minimum absolute atomic E-state index is 0.0714. The molecule has 1 aromatic carbocycles. The highest BCUT2D eigenvalue weighted by Gasteiger charge is 2.25. The summed E-state index contributed by atoms with van der Waals surface area (Å²) in [6, 6.07) is 10.5. The van der Waals surface area contributed by atoms with E-state index in [0.717, 1.165) is 29.0 Å². The van der Waals surface area contributed by atoms with Crippen molar-refractivity contribution in [1.82, 2.24) is 19.8 Å². The lowest BCUT2D eigenvalue weighted by Gasteiger charge is -2.26. The highest BCUT2D eigenvalue weighted by atomic mass is 32.1. The Morgan fingerprint density at radius 1 is 1.30 bits per heavy atom. The first-order valence-corrected chi connectivity index (χ1v) is 11.0. The summed E-state index contributed by atoms with van der Waals surface area (Å²) in [5, 5.41) is 4.68. The van der Waals surface area contributed by atoms with Crippen LogP contribution in [0.4, 0.5) is 5.82 Å². The number of hydrogen-bond acceptors (Lipinski definition) is 6. The summed E-state index contributed by atoms with van der Waals surface area (Å²) in [4.78, 5) is 27.8. The number of aromatic nitrogens is 2. The molecule has 0 saturated heterocycles. The van der Waals surface area contributed by atoms with Crippen molar-refractivity contribution in [2.45, 2.75) is 25.9 Å². The Kier molecular flexibility index (Phi) is 6.11. The largest absolute Gasteiger partial charge is 0.363 e. The van der Waals surface area contributed by atoms with Crippen LogP contribution in [-0.4, -0.2) is 52.9 Å². The predicted molar refractivity (Wildman–Crippen MR) is 123 cm³/mol. The van der Waals surface area contributed by atoms with Crippen molar-refractivity contribution in [2.75, 3.05) is 32.5 Å². The molecule has 0 saturated carbocycles. The third kappa shape index (κ3) is 4.37. The van der Waals surface area contributed by atoms with Gasteiger partial charge in [0, 0.05) is 30.1 Å². The molecule has 1 aliphatic heterocycles. The van der Waals surface area contributed by atoms with E-state index in [2.05, 4.69) is 34.3 Å². The van der Waals surface area contributed by atoms with Crippen molar-refractivity contribution in [3.63, 3.8) is 0 Å². The van der Waals surface area contributed by atoms with E-state index >= 15 is 0 Å². The second-order valence-electron chi connectivity index (χ2n) is 7.86. The van der Waals surface area contributed by atoms with E-state index in [4.69, 9.17) is 0 Å². The van der Waals surface area contributed by atoms with Gasteiger partial charge in [-0.3, -0.25) is 4.79 Å². The number of rotatable bonds is 6. The van der Waals surface area contributed by atoms with Crippen LogP contribution >= 0.6 is 11.3 Å². The summed E-state index contributed by atoms with van der Waals surface area (Å²) in [6.45, 7) is 4.25. The van der Waals surface area contributed by atoms with Crippen LogP contribution in [0.2, 0.25) is 0 Å². The van der Waals surface area contributed by atoms with Crippen molar-refractivity contribution in [3.05, 3.63) is 64.8 Å². The van der Waals surface area contributed by atoms with Gasteiger partial charge in [0.2, 0.25) is 5.91 Å². The van der Waals surface area contributed by atoms with E-state index in [9.17, 15) is 4.79 Å². The highest BCUT2D eigenvalue weighted by Crippen LogP contribution is 2.38. The number of carbonyl (C=O) groups is 1. The molecule has 0 fully saturated rings. The second kappa shape index (κ2) is 8.93. The van der Waals surface area contributed by atoms with Crippen molar-refractivity contribution in [2.24, 2.45) is 0 Å². The minimum atomic E-state index is 0.0714. The maximum atomic E-state index is 12.6. The van der Waals surface area contributed by atoms with E-state index in [1.165, 1.54) is 16.0 Å². The van der Waals surface area contributed by atoms with Gasteiger partial charge in [-0.2, -0.15) is 0 Å². The van der Waals surface area contributed by atoms with E-state index in [0.29, 0.717) is 13.1 Å². The highest BCUT2D eigenvalue weighted by molar-refractivity contribution is 7.19. The molecule has 30 heavy (non-hydrogen) atoms. The van der Waals surface area contributed by atoms with E-state index in [1.54, 1.807) is 23.7 Å². The summed E-state index contributed by atoms with van der Waals surface area (Å²) in [7, 11) is 3.98. The molecule has 0 spiro atoms. The van der Waals surface area contributed by atoms with Gasteiger partial charge >= 0.3 is 0 Å². The summed E-state index contributed by atoms with van der Waals surface area (Å²) in [5.74, 6) is 0.946. The lowest BCUT2D eigenvalue weighted by atomic mass is 10.0. The number of thiophene rings is 1. The number of hydrogen-bond donors (Lipinski definition) is 1. The van der Waals surface area contributed by atoms with Gasteiger partial charge in [0.15, 0.2) is 0 Å². The average molecular weight is 422 g/mol. The zero-order valence-electron chi connectivity index (χ0n) is 17.6. The Hall–Kier alpha value is -2.77. The monoisotopic (exact) mass is 421 g/mol. The molecule has 0 aliphatic carbocycles. The molecule has 0 unspecified atom stereocenters. The minimum Gasteiger partial charge on any atom is -0.363 e. The Balaban J connectivity index is 1.56. The average Bonchev–Trinajstić information content (AvgIpc) is 3.12. The summed E-state index contributed by atoms with van der Waals surface area (Å²) < 4.78 is 0. The quantitative estimate of drug-likeness (QED) is 0.612. The molecule has 1 amide bonds. The third-order valence-electron chi connectivity index (χ3n) is 5.33. The molecule has 1 aliphatic rings. The summed E-state index contributed by atoms with van der Waals surface area (Å²) >= 11 is 1.67. The first-order chi connectivity index (χ1) is 14.5. The molecule has 6 nitrogen and oxygen atoms in total. The number of likely N-dealkylation sites (N-methyl/N-ethyl adjacent to an activating group) is 1. The maximum Gasteiger partial charge on any atom is 0.246 e. The Bertz CT molecular complexity index is 1060. The van der Waals surface area contributed by atoms with Gasteiger partial charge in [-0.25, -0.2) is 9.97 Å². The molecule has 7 heteroatoms. The number of nitrogens with zero attached hydrogens (tertiary/aromatic N) is 4. The molecular formula is C23H27N5OS. The second-order valence-corrected chi connectivity index (χ2v) is 8.94. The summed E-state index contributed by atoms with van der Waals surface area (Å²) in [5.41, 5.74) is 2.49. The Morgan fingerprint density at radius 3 is 2.87 bits per heavy atom. The van der Waals surface area contributed by atoms with Crippen LogP contribution in [0.15, 0.2) is 48.8 Å². The number of benzene rings is 1. The molecule has 4 rings (SSSR count). The van der Waals surface area contributed by atoms with Crippen LogP contribution < -0.4 is 5.32 Å². The standard InChI is InChI=1S/C23H27N5OS/c1-16(17-8-5-4-6-9-17)26-22-21-18-11-13-28(20(29)10-7-12-27(2)3)14-19(18)30-23(21)25-15-24-22/h4-10,15-16H,11-14H2,1-3H3,(H,24,25,26)/t16-/m0/s1. The molecule has 3 heterocycles. The van der Waals surface area contributed by atoms with Crippen LogP contribution in [0, 0.1) is 0 Å². The van der Waals surface area contributed by atoms with Crippen molar-refractivity contribution in [1.29, 1.82) is 0 Å². The number of fused-ring (bicyclic) bond motifs is 3. The number of carbonyl (C=O) groups excluding carboxylic acids is 1. The van der Waals surface area contributed by atoms with Crippen molar-refractivity contribution in [3.8, 4) is 0 Å². The van der Waals surface area contributed by atoms with Gasteiger partial charge in [-0.05, 0) is 38.6 Å². The smallest absolute Gasteiger partial charge is 0.246 e. The van der Waals surface area contributed by atoms with E-state index in [1.807, 2.05) is 48.2 Å². The first-order valence-electron chi connectivity index (χ1n) is 10.2. The van der Waals surface area contributed by atoms with Crippen LogP contribution in [0.1, 0.15) is 29.0 Å². The third-order valence-corrected chi connectivity index (χ3v) is 6.46. The summed E-state index contributed by atoms with van der Waals surface area (Å²) in [6.07, 6.45) is 6.05. The molecular weight excluding hydrogens is 394 g/mol. The Labute approximate surface area is 181 Å². The van der Waals surface area contributed by atoms with Gasteiger partial charge in [0.25, 0.3) is 0 Å². The fourth-order valence-corrected chi connectivity index (χ4v) is 4.93. The molecule has 1 atom stereocenters. The predicted octanol–water partition coefficient (Wildman–Crippen LogP) is 3.87. The first kappa shape index (κ1) is 20.5. The normalized spacial score (nSPS) is 15.0. The zero-order valence-corrected chi connectivity index (χ0v) is 18.4. The lowest BCUT2D eigenvalue weighted by molar-refractivity contribution is -0.126. The molecule has 1 N–H and O–H groups in total. The topological polar surface area (TPSA) is 61.4 Å². The SMILES string of the molecule is C[C@H](Nc1ncnc2sc3c(c12)CCN(C(=O)C=CCN(C)C)C3)c1ccccc1. The van der Waals surface area contributed by atoms with Crippen LogP contribution in [0.5, 0.6) is 0 Å². The van der Waals surface area contributed by atoms with Crippen molar-refractivity contribution < 1.29 is 4.79 Å². The maximum absolute atomic E-state index is 12.6.